The van der Waals surface area contributed by atoms with Crippen molar-refractivity contribution in [2.75, 3.05) is 6.61 Å². The Morgan fingerprint density at radius 2 is 1.67 bits per heavy atom. The molecule has 1 rings (SSSR count). The first-order valence-corrected chi connectivity index (χ1v) is 5.25. The van der Waals surface area contributed by atoms with Crippen molar-refractivity contribution in [1.29, 1.82) is 0 Å². The molecule has 3 nitrogen and oxygen atoms in total. The molecule has 0 amide bonds. The monoisotopic (exact) mass is 210 g/mol. The highest BCUT2D eigenvalue weighted by molar-refractivity contribution is 5.14. The summed E-state index contributed by atoms with van der Waals surface area (Å²) in [5.74, 6) is 0. The zero-order valence-corrected chi connectivity index (χ0v) is 8.71. The zero-order chi connectivity index (χ0) is 11.1. The van der Waals surface area contributed by atoms with Crippen LogP contribution in [0.1, 0.15) is 18.4 Å². The molecule has 0 heterocycles. The second-order valence-electron chi connectivity index (χ2n) is 3.70. The van der Waals surface area contributed by atoms with Crippen LogP contribution in [0, 0.1) is 0 Å². The summed E-state index contributed by atoms with van der Waals surface area (Å²) in [6, 6.07) is 10.0. The number of aliphatic hydroxyl groups excluding tert-OH is 3. The zero-order valence-electron chi connectivity index (χ0n) is 8.71. The molecule has 0 radical (unpaired) electrons. The third-order valence-corrected chi connectivity index (χ3v) is 2.44. The fourth-order valence-corrected chi connectivity index (χ4v) is 1.47. The van der Waals surface area contributed by atoms with Gasteiger partial charge in [-0.25, -0.2) is 0 Å². The van der Waals surface area contributed by atoms with Gasteiger partial charge in [0.2, 0.25) is 0 Å². The Hall–Kier alpha value is -0.900. The summed E-state index contributed by atoms with van der Waals surface area (Å²) < 4.78 is 0. The van der Waals surface area contributed by atoms with E-state index in [0.29, 0.717) is 6.42 Å². The third-order valence-electron chi connectivity index (χ3n) is 2.44. The summed E-state index contributed by atoms with van der Waals surface area (Å²) in [4.78, 5) is 0. The minimum atomic E-state index is -1.01. The number of hydrogen-bond donors (Lipinski definition) is 3. The Kier molecular flexibility index (Phi) is 5.32. The predicted octanol–water partition coefficient (Wildman–Crippen LogP) is 0.723. The van der Waals surface area contributed by atoms with E-state index in [4.69, 9.17) is 10.2 Å². The molecule has 3 heteroatoms. The maximum Gasteiger partial charge on any atom is 0.103 e. The van der Waals surface area contributed by atoms with E-state index in [1.807, 2.05) is 30.3 Å². The molecular weight excluding hydrogens is 192 g/mol. The topological polar surface area (TPSA) is 60.7 Å². The minimum Gasteiger partial charge on any atom is -0.394 e. The predicted molar refractivity (Wildman–Crippen MR) is 58.5 cm³/mol. The van der Waals surface area contributed by atoms with Crippen molar-refractivity contribution in [3.05, 3.63) is 35.9 Å². The lowest BCUT2D eigenvalue weighted by atomic mass is 10.0. The highest BCUT2D eigenvalue weighted by Crippen LogP contribution is 2.08. The number of rotatable bonds is 6. The molecule has 0 aliphatic rings. The quantitative estimate of drug-likeness (QED) is 0.648. The van der Waals surface area contributed by atoms with Gasteiger partial charge in [-0.1, -0.05) is 30.3 Å². The smallest absolute Gasteiger partial charge is 0.103 e. The van der Waals surface area contributed by atoms with E-state index < -0.39 is 12.2 Å². The van der Waals surface area contributed by atoms with Crippen LogP contribution < -0.4 is 0 Å². The Balaban J connectivity index is 2.22. The Labute approximate surface area is 90.0 Å². The van der Waals surface area contributed by atoms with Crippen LogP contribution in [0.3, 0.4) is 0 Å². The van der Waals surface area contributed by atoms with Gasteiger partial charge in [0.05, 0.1) is 12.7 Å². The first kappa shape index (κ1) is 12.2. The molecule has 84 valence electrons. The van der Waals surface area contributed by atoms with Gasteiger partial charge in [-0.05, 0) is 24.8 Å². The van der Waals surface area contributed by atoms with Crippen LogP contribution in [0.2, 0.25) is 0 Å². The van der Waals surface area contributed by atoms with Gasteiger partial charge in [0.25, 0.3) is 0 Å². The largest absolute Gasteiger partial charge is 0.394 e. The molecule has 0 bridgehead atoms. The molecule has 2 unspecified atom stereocenters. The van der Waals surface area contributed by atoms with Gasteiger partial charge in [-0.2, -0.15) is 0 Å². The number of aliphatic hydroxyl groups is 3. The first-order chi connectivity index (χ1) is 7.24. The summed E-state index contributed by atoms with van der Waals surface area (Å²) in [5, 5.41) is 27.1. The normalized spacial score (nSPS) is 14.9. The molecule has 0 aliphatic heterocycles. The van der Waals surface area contributed by atoms with Crippen molar-refractivity contribution in [3.63, 3.8) is 0 Å². The van der Waals surface area contributed by atoms with Crippen LogP contribution in [0.25, 0.3) is 0 Å². The Bertz CT molecular complexity index is 261. The molecule has 2 atom stereocenters. The number of benzene rings is 1. The van der Waals surface area contributed by atoms with Gasteiger partial charge in [-0.15, -0.1) is 0 Å². The van der Waals surface area contributed by atoms with Crippen molar-refractivity contribution in [1.82, 2.24) is 0 Å². The van der Waals surface area contributed by atoms with Crippen LogP contribution in [-0.2, 0) is 6.42 Å². The number of hydrogen-bond acceptors (Lipinski definition) is 3. The minimum absolute atomic E-state index is 0.382. The van der Waals surface area contributed by atoms with Crippen LogP contribution in [0.15, 0.2) is 30.3 Å². The molecular formula is C12H18O3. The third kappa shape index (κ3) is 4.42. The van der Waals surface area contributed by atoms with Crippen molar-refractivity contribution >= 4 is 0 Å². The van der Waals surface area contributed by atoms with Gasteiger partial charge in [-0.3, -0.25) is 0 Å². The average molecular weight is 210 g/mol. The van der Waals surface area contributed by atoms with E-state index >= 15 is 0 Å². The molecule has 3 N–H and O–H groups in total. The standard InChI is InChI=1S/C12H18O3/c13-9-12(15)11(14)8-4-7-10-5-2-1-3-6-10/h1-3,5-6,11-15H,4,7-9H2. The Morgan fingerprint density at radius 3 is 2.27 bits per heavy atom. The van der Waals surface area contributed by atoms with Gasteiger partial charge < -0.3 is 15.3 Å². The van der Waals surface area contributed by atoms with Crippen LogP contribution in [0.5, 0.6) is 0 Å². The lowest BCUT2D eigenvalue weighted by molar-refractivity contribution is -0.0182. The average Bonchev–Trinajstić information content (AvgIpc) is 2.29. The summed E-state index contributed by atoms with van der Waals surface area (Å²) in [7, 11) is 0. The molecule has 0 aliphatic carbocycles. The molecule has 0 spiro atoms. The van der Waals surface area contributed by atoms with E-state index in [-0.39, 0.29) is 6.61 Å². The molecule has 15 heavy (non-hydrogen) atoms. The maximum atomic E-state index is 9.39. The Morgan fingerprint density at radius 1 is 1.00 bits per heavy atom. The molecule has 0 saturated carbocycles. The number of aryl methyl sites for hydroxylation is 1. The van der Waals surface area contributed by atoms with Crippen LogP contribution in [0.4, 0.5) is 0 Å². The molecule has 0 saturated heterocycles. The van der Waals surface area contributed by atoms with E-state index in [2.05, 4.69) is 0 Å². The van der Waals surface area contributed by atoms with Gasteiger partial charge in [0.15, 0.2) is 0 Å². The molecule has 0 fully saturated rings. The fraction of sp³-hybridized carbons (Fsp3) is 0.500. The lowest BCUT2D eigenvalue weighted by Crippen LogP contribution is -2.29. The molecule has 1 aromatic rings. The van der Waals surface area contributed by atoms with E-state index in [1.54, 1.807) is 0 Å². The second-order valence-corrected chi connectivity index (χ2v) is 3.70. The van der Waals surface area contributed by atoms with E-state index in [9.17, 15) is 5.11 Å². The highest BCUT2D eigenvalue weighted by atomic mass is 16.4. The van der Waals surface area contributed by atoms with E-state index in [0.717, 1.165) is 12.8 Å². The van der Waals surface area contributed by atoms with E-state index in [1.165, 1.54) is 5.56 Å². The molecule has 1 aromatic carbocycles. The summed E-state index contributed by atoms with van der Waals surface area (Å²) >= 11 is 0. The van der Waals surface area contributed by atoms with Gasteiger partial charge in [0, 0.05) is 0 Å². The SMILES string of the molecule is OCC(O)C(O)CCCc1ccccc1. The highest BCUT2D eigenvalue weighted by Gasteiger charge is 2.13. The van der Waals surface area contributed by atoms with Crippen molar-refractivity contribution in [2.45, 2.75) is 31.5 Å². The second kappa shape index (κ2) is 6.56. The van der Waals surface area contributed by atoms with Crippen molar-refractivity contribution in [2.24, 2.45) is 0 Å². The fourth-order valence-electron chi connectivity index (χ4n) is 1.47. The first-order valence-electron chi connectivity index (χ1n) is 5.25. The van der Waals surface area contributed by atoms with Gasteiger partial charge in [0.1, 0.15) is 6.10 Å². The summed E-state index contributed by atoms with van der Waals surface area (Å²) in [6.07, 6.45) is 0.369. The van der Waals surface area contributed by atoms with Crippen LogP contribution in [-0.4, -0.2) is 34.1 Å². The molecule has 0 aromatic heterocycles. The van der Waals surface area contributed by atoms with Crippen molar-refractivity contribution in [3.8, 4) is 0 Å². The summed E-state index contributed by atoms with van der Waals surface area (Å²) in [6.45, 7) is -0.382. The maximum absolute atomic E-state index is 9.39. The van der Waals surface area contributed by atoms with Gasteiger partial charge >= 0.3 is 0 Å². The summed E-state index contributed by atoms with van der Waals surface area (Å²) in [5.41, 5.74) is 1.23. The lowest BCUT2D eigenvalue weighted by Gasteiger charge is -2.14. The van der Waals surface area contributed by atoms with Crippen LogP contribution >= 0.6 is 0 Å². The van der Waals surface area contributed by atoms with Crippen molar-refractivity contribution < 1.29 is 15.3 Å².